The molecule has 0 saturated carbocycles. The number of nitrogen functional groups attached to an aromatic ring is 1. The fourth-order valence-corrected chi connectivity index (χ4v) is 1.33. The van der Waals surface area contributed by atoms with Gasteiger partial charge in [-0.3, -0.25) is 0 Å². The summed E-state index contributed by atoms with van der Waals surface area (Å²) < 4.78 is 0. The van der Waals surface area contributed by atoms with Crippen LogP contribution in [0.5, 0.6) is 0 Å². The Bertz CT molecular complexity index is 454. The van der Waals surface area contributed by atoms with E-state index in [1.165, 1.54) is 0 Å². The van der Waals surface area contributed by atoms with Crippen molar-refractivity contribution in [2.45, 2.75) is 0 Å². The smallest absolute Gasteiger partial charge is 0.132 e. The van der Waals surface area contributed by atoms with Crippen molar-refractivity contribution in [3.63, 3.8) is 0 Å². The number of nitrogens with zero attached hydrogens (tertiary/aromatic N) is 1. The summed E-state index contributed by atoms with van der Waals surface area (Å²) in [5.41, 5.74) is 6.49. The molecular formula is C11H10ClN3. The number of nitrogens with two attached hydrogens (primary N) is 1. The maximum Gasteiger partial charge on any atom is 0.132 e. The van der Waals surface area contributed by atoms with E-state index >= 15 is 0 Å². The van der Waals surface area contributed by atoms with E-state index in [2.05, 4.69) is 10.3 Å². The number of nitrogens with one attached hydrogen (secondary N) is 1. The van der Waals surface area contributed by atoms with Crippen LogP contribution in [-0.2, 0) is 0 Å². The van der Waals surface area contributed by atoms with Gasteiger partial charge in [0.15, 0.2) is 0 Å². The topological polar surface area (TPSA) is 50.9 Å². The highest BCUT2D eigenvalue weighted by atomic mass is 35.5. The molecule has 3 N–H and O–H groups in total. The molecule has 0 unspecified atom stereocenters. The van der Waals surface area contributed by atoms with Gasteiger partial charge in [0.05, 0.1) is 0 Å². The zero-order valence-electron chi connectivity index (χ0n) is 7.94. The van der Waals surface area contributed by atoms with E-state index in [-0.39, 0.29) is 0 Å². The highest BCUT2D eigenvalue weighted by Gasteiger charge is 1.96. The summed E-state index contributed by atoms with van der Waals surface area (Å²) in [5.74, 6) is 1.21. The minimum Gasteiger partial charge on any atom is -0.384 e. The standard InChI is InChI=1S/C11H10ClN3/c12-8-4-6-9(7-5-8)14-11-3-1-2-10(13)15-11/h1-7H,(H3,13,14,15). The van der Waals surface area contributed by atoms with Crippen LogP contribution in [0.1, 0.15) is 0 Å². The average molecular weight is 220 g/mol. The maximum atomic E-state index is 5.78. The van der Waals surface area contributed by atoms with Crippen LogP contribution in [0.25, 0.3) is 0 Å². The fourth-order valence-electron chi connectivity index (χ4n) is 1.20. The maximum absolute atomic E-state index is 5.78. The predicted octanol–water partition coefficient (Wildman–Crippen LogP) is 3.06. The van der Waals surface area contributed by atoms with Crippen LogP contribution in [-0.4, -0.2) is 4.98 Å². The molecule has 0 atom stereocenters. The van der Waals surface area contributed by atoms with Crippen molar-refractivity contribution < 1.29 is 0 Å². The van der Waals surface area contributed by atoms with Gasteiger partial charge in [0, 0.05) is 10.7 Å². The van der Waals surface area contributed by atoms with E-state index in [1.54, 1.807) is 6.07 Å². The first kappa shape index (κ1) is 9.80. The number of rotatable bonds is 2. The van der Waals surface area contributed by atoms with Crippen LogP contribution in [0.4, 0.5) is 17.3 Å². The molecule has 0 spiro atoms. The molecule has 76 valence electrons. The number of halogens is 1. The Kier molecular flexibility index (Phi) is 2.74. The second kappa shape index (κ2) is 4.19. The number of hydrogen-bond donors (Lipinski definition) is 2. The summed E-state index contributed by atoms with van der Waals surface area (Å²) in [6.07, 6.45) is 0. The fraction of sp³-hybridized carbons (Fsp3) is 0. The number of pyridine rings is 1. The van der Waals surface area contributed by atoms with Gasteiger partial charge in [-0.2, -0.15) is 0 Å². The molecule has 0 saturated heterocycles. The molecule has 2 rings (SSSR count). The van der Waals surface area contributed by atoms with Crippen LogP contribution >= 0.6 is 11.6 Å². The summed E-state index contributed by atoms with van der Waals surface area (Å²) in [4.78, 5) is 4.12. The summed E-state index contributed by atoms with van der Waals surface area (Å²) in [7, 11) is 0. The minimum absolute atomic E-state index is 0.494. The highest BCUT2D eigenvalue weighted by molar-refractivity contribution is 6.30. The number of hydrogen-bond acceptors (Lipinski definition) is 3. The lowest BCUT2D eigenvalue weighted by Crippen LogP contribution is -1.96. The second-order valence-corrected chi connectivity index (χ2v) is 3.52. The summed E-state index contributed by atoms with van der Waals surface area (Å²) in [5, 5.41) is 3.83. The van der Waals surface area contributed by atoms with Crippen molar-refractivity contribution in [2.24, 2.45) is 0 Å². The third-order valence-corrected chi connectivity index (χ3v) is 2.14. The summed E-state index contributed by atoms with van der Waals surface area (Å²) in [6.45, 7) is 0. The first-order chi connectivity index (χ1) is 7.24. The molecule has 0 fully saturated rings. The van der Waals surface area contributed by atoms with E-state index in [0.717, 1.165) is 11.5 Å². The Labute approximate surface area is 92.9 Å². The summed E-state index contributed by atoms with van der Waals surface area (Å²) >= 11 is 5.78. The van der Waals surface area contributed by atoms with E-state index in [9.17, 15) is 0 Å². The van der Waals surface area contributed by atoms with Gasteiger partial charge >= 0.3 is 0 Å². The van der Waals surface area contributed by atoms with Gasteiger partial charge in [-0.15, -0.1) is 0 Å². The van der Waals surface area contributed by atoms with Crippen molar-refractivity contribution in [3.05, 3.63) is 47.5 Å². The van der Waals surface area contributed by atoms with Gasteiger partial charge in [-0.1, -0.05) is 17.7 Å². The SMILES string of the molecule is Nc1cccc(Nc2ccc(Cl)cc2)n1. The van der Waals surface area contributed by atoms with Crippen LogP contribution in [0.2, 0.25) is 5.02 Å². The number of benzene rings is 1. The van der Waals surface area contributed by atoms with Crippen LogP contribution < -0.4 is 11.1 Å². The number of aromatic nitrogens is 1. The molecule has 2 aromatic rings. The van der Waals surface area contributed by atoms with Crippen LogP contribution in [0.3, 0.4) is 0 Å². The Morgan fingerprint density at radius 3 is 2.47 bits per heavy atom. The van der Waals surface area contributed by atoms with Gasteiger partial charge in [0.25, 0.3) is 0 Å². The molecule has 3 nitrogen and oxygen atoms in total. The minimum atomic E-state index is 0.494. The second-order valence-electron chi connectivity index (χ2n) is 3.08. The van der Waals surface area contributed by atoms with E-state index < -0.39 is 0 Å². The van der Waals surface area contributed by atoms with Crippen molar-refractivity contribution in [1.82, 2.24) is 4.98 Å². The van der Waals surface area contributed by atoms with Crippen LogP contribution in [0.15, 0.2) is 42.5 Å². The lowest BCUT2D eigenvalue weighted by molar-refractivity contribution is 1.32. The van der Waals surface area contributed by atoms with Crippen molar-refractivity contribution in [1.29, 1.82) is 0 Å². The quantitative estimate of drug-likeness (QED) is 0.816. The predicted molar refractivity (Wildman–Crippen MR) is 63.4 cm³/mol. The van der Waals surface area contributed by atoms with Crippen molar-refractivity contribution in [2.75, 3.05) is 11.1 Å². The zero-order valence-corrected chi connectivity index (χ0v) is 8.70. The lowest BCUT2D eigenvalue weighted by Gasteiger charge is -2.05. The van der Waals surface area contributed by atoms with E-state index in [1.807, 2.05) is 36.4 Å². The average Bonchev–Trinajstić information content (AvgIpc) is 2.22. The van der Waals surface area contributed by atoms with Crippen molar-refractivity contribution in [3.8, 4) is 0 Å². The van der Waals surface area contributed by atoms with Gasteiger partial charge in [-0.25, -0.2) is 4.98 Å². The van der Waals surface area contributed by atoms with Gasteiger partial charge in [0.2, 0.25) is 0 Å². The molecule has 1 aromatic heterocycles. The molecule has 0 amide bonds. The van der Waals surface area contributed by atoms with E-state index in [0.29, 0.717) is 10.8 Å². The lowest BCUT2D eigenvalue weighted by atomic mass is 10.3. The van der Waals surface area contributed by atoms with E-state index in [4.69, 9.17) is 17.3 Å². The van der Waals surface area contributed by atoms with Gasteiger partial charge in [-0.05, 0) is 36.4 Å². The Morgan fingerprint density at radius 1 is 1.07 bits per heavy atom. The molecular weight excluding hydrogens is 210 g/mol. The zero-order chi connectivity index (χ0) is 10.7. The van der Waals surface area contributed by atoms with Gasteiger partial charge in [0.1, 0.15) is 11.6 Å². The van der Waals surface area contributed by atoms with Crippen molar-refractivity contribution >= 4 is 28.9 Å². The molecule has 0 aliphatic rings. The third-order valence-electron chi connectivity index (χ3n) is 1.89. The normalized spacial score (nSPS) is 9.93. The molecule has 15 heavy (non-hydrogen) atoms. The Balaban J connectivity index is 2.18. The molecule has 0 aliphatic carbocycles. The third kappa shape index (κ3) is 2.60. The number of anilines is 3. The molecule has 0 aliphatic heterocycles. The molecule has 4 heteroatoms. The first-order valence-electron chi connectivity index (χ1n) is 4.49. The summed E-state index contributed by atoms with van der Waals surface area (Å²) in [6, 6.07) is 12.8. The largest absolute Gasteiger partial charge is 0.384 e. The highest BCUT2D eigenvalue weighted by Crippen LogP contribution is 2.17. The Morgan fingerprint density at radius 2 is 1.80 bits per heavy atom. The molecule has 1 aromatic carbocycles. The van der Waals surface area contributed by atoms with Gasteiger partial charge < -0.3 is 11.1 Å². The monoisotopic (exact) mass is 219 g/mol. The molecule has 1 heterocycles. The molecule has 0 bridgehead atoms. The molecule has 0 radical (unpaired) electrons. The first-order valence-corrected chi connectivity index (χ1v) is 4.87. The van der Waals surface area contributed by atoms with Crippen LogP contribution in [0, 0.1) is 0 Å². The Hall–Kier alpha value is -1.74.